The van der Waals surface area contributed by atoms with Gasteiger partial charge in [-0.3, -0.25) is 0 Å². The van der Waals surface area contributed by atoms with Crippen molar-refractivity contribution < 1.29 is 27.7 Å². The summed E-state index contributed by atoms with van der Waals surface area (Å²) in [6, 6.07) is 9.47. The van der Waals surface area contributed by atoms with Crippen LogP contribution in [0.2, 0.25) is 0 Å². The average molecular weight is 533 g/mol. The first-order valence-electron chi connectivity index (χ1n) is 12.7. The minimum Gasteiger partial charge on any atom is -0.497 e. The van der Waals surface area contributed by atoms with Crippen LogP contribution in [0.3, 0.4) is 0 Å². The number of unbranched alkanes of at least 4 members (excludes halogenated alkanes) is 1. The topological polar surface area (TPSA) is 97.3 Å². The van der Waals surface area contributed by atoms with E-state index in [0.29, 0.717) is 23.5 Å². The molecule has 2 N–H and O–H groups in total. The molecule has 0 aliphatic carbocycles. The second-order valence-corrected chi connectivity index (χ2v) is 11.6. The van der Waals surface area contributed by atoms with Crippen molar-refractivity contribution in [2.24, 2.45) is 0 Å². The molecule has 37 heavy (non-hydrogen) atoms. The molecule has 3 rings (SSSR count). The Morgan fingerprint density at radius 1 is 1.16 bits per heavy atom. The molecular weight excluding hydrogens is 492 g/mol. The zero-order valence-corrected chi connectivity index (χ0v) is 23.5. The standard InChI is InChI=1S/C28H40N2O6S/c1-8-10-15-29-19(3)16-20-11-13-23-22(17-20)26(27(31)28(4,5)36-23)30(9-2)37(32,33)25-18-21(34-6)12-14-24(25)35-7/h11-14,17-18,26-27,29,31H,3,8-10,15-16H2,1-2,4-7H3. The molecule has 9 heteroatoms. The first-order chi connectivity index (χ1) is 17.5. The van der Waals surface area contributed by atoms with E-state index in [1.165, 1.54) is 24.6 Å². The predicted molar refractivity (Wildman–Crippen MR) is 145 cm³/mol. The van der Waals surface area contributed by atoms with Crippen LogP contribution in [0.4, 0.5) is 0 Å². The lowest BCUT2D eigenvalue weighted by Crippen LogP contribution is -2.54. The van der Waals surface area contributed by atoms with Crippen molar-refractivity contribution in [2.75, 3.05) is 27.3 Å². The van der Waals surface area contributed by atoms with Gasteiger partial charge in [0.2, 0.25) is 10.0 Å². The molecule has 8 nitrogen and oxygen atoms in total. The smallest absolute Gasteiger partial charge is 0.247 e. The van der Waals surface area contributed by atoms with Crippen LogP contribution in [0.15, 0.2) is 53.6 Å². The van der Waals surface area contributed by atoms with E-state index < -0.39 is 27.8 Å². The number of fused-ring (bicyclic) bond motifs is 1. The fourth-order valence-corrected chi connectivity index (χ4v) is 6.41. The van der Waals surface area contributed by atoms with Gasteiger partial charge in [-0.05, 0) is 50.1 Å². The number of hydrogen-bond acceptors (Lipinski definition) is 7. The van der Waals surface area contributed by atoms with Crippen LogP contribution in [0, 0.1) is 0 Å². The molecule has 2 unspecified atom stereocenters. The van der Waals surface area contributed by atoms with Gasteiger partial charge in [0.05, 0.1) is 20.3 Å². The van der Waals surface area contributed by atoms with Gasteiger partial charge in [0.1, 0.15) is 33.8 Å². The van der Waals surface area contributed by atoms with E-state index in [-0.39, 0.29) is 17.2 Å². The summed E-state index contributed by atoms with van der Waals surface area (Å²) in [6.45, 7) is 12.5. The molecule has 1 aliphatic rings. The zero-order chi connectivity index (χ0) is 27.4. The van der Waals surface area contributed by atoms with Crippen LogP contribution >= 0.6 is 0 Å². The van der Waals surface area contributed by atoms with Crippen molar-refractivity contribution in [2.45, 2.75) is 69.6 Å². The molecule has 0 amide bonds. The maximum Gasteiger partial charge on any atom is 0.247 e. The fraction of sp³-hybridized carbons (Fsp3) is 0.500. The molecule has 0 spiro atoms. The number of ether oxygens (including phenoxy) is 3. The van der Waals surface area contributed by atoms with Gasteiger partial charge >= 0.3 is 0 Å². The summed E-state index contributed by atoms with van der Waals surface area (Å²) >= 11 is 0. The molecule has 0 saturated heterocycles. The number of nitrogens with one attached hydrogen (secondary N) is 1. The van der Waals surface area contributed by atoms with Crippen LogP contribution in [0.25, 0.3) is 0 Å². The molecule has 0 aromatic heterocycles. The molecule has 204 valence electrons. The molecule has 0 fully saturated rings. The lowest BCUT2D eigenvalue weighted by Gasteiger charge is -2.45. The van der Waals surface area contributed by atoms with Crippen molar-refractivity contribution in [3.8, 4) is 17.2 Å². The van der Waals surface area contributed by atoms with Gasteiger partial charge in [-0.15, -0.1) is 0 Å². The second kappa shape index (κ2) is 11.8. The van der Waals surface area contributed by atoms with Crippen LogP contribution < -0.4 is 19.5 Å². The van der Waals surface area contributed by atoms with Crippen molar-refractivity contribution in [3.63, 3.8) is 0 Å². The molecule has 0 radical (unpaired) electrons. The Kier molecular flexibility index (Phi) is 9.15. The van der Waals surface area contributed by atoms with E-state index in [1.807, 2.05) is 18.2 Å². The Hall–Kier alpha value is -2.75. The molecule has 2 atom stereocenters. The Balaban J connectivity index is 2.09. The third-order valence-electron chi connectivity index (χ3n) is 6.68. The normalized spacial score (nSPS) is 18.6. The van der Waals surface area contributed by atoms with Gasteiger partial charge in [-0.1, -0.05) is 32.9 Å². The second-order valence-electron chi connectivity index (χ2n) is 9.75. The first kappa shape index (κ1) is 28.8. The monoisotopic (exact) mass is 532 g/mol. The highest BCUT2D eigenvalue weighted by Crippen LogP contribution is 2.46. The largest absolute Gasteiger partial charge is 0.497 e. The van der Waals surface area contributed by atoms with Crippen molar-refractivity contribution in [1.29, 1.82) is 0 Å². The summed E-state index contributed by atoms with van der Waals surface area (Å²) in [7, 11) is -1.22. The Bertz CT molecular complexity index is 1210. The number of hydrogen-bond donors (Lipinski definition) is 2. The van der Waals surface area contributed by atoms with Crippen LogP contribution in [-0.2, 0) is 16.4 Å². The van der Waals surface area contributed by atoms with E-state index >= 15 is 0 Å². The van der Waals surface area contributed by atoms with Crippen LogP contribution in [0.1, 0.15) is 57.7 Å². The number of aliphatic hydroxyl groups excluding tert-OH is 1. The molecule has 1 heterocycles. The highest BCUT2D eigenvalue weighted by molar-refractivity contribution is 7.89. The molecule has 1 aliphatic heterocycles. The number of likely N-dealkylation sites (N-methyl/N-ethyl adjacent to an activating group) is 1. The van der Waals surface area contributed by atoms with Gasteiger partial charge < -0.3 is 24.6 Å². The number of benzene rings is 2. The Morgan fingerprint density at radius 2 is 1.89 bits per heavy atom. The van der Waals surface area contributed by atoms with E-state index in [9.17, 15) is 13.5 Å². The predicted octanol–water partition coefficient (Wildman–Crippen LogP) is 4.43. The maximum atomic E-state index is 14.1. The lowest BCUT2D eigenvalue weighted by atomic mass is 9.85. The highest BCUT2D eigenvalue weighted by atomic mass is 32.2. The maximum absolute atomic E-state index is 14.1. The minimum absolute atomic E-state index is 0.0288. The molecule has 2 aromatic carbocycles. The molecule has 0 bridgehead atoms. The summed E-state index contributed by atoms with van der Waals surface area (Å²) in [4.78, 5) is -0.0288. The number of methoxy groups -OCH3 is 2. The summed E-state index contributed by atoms with van der Waals surface area (Å²) in [6.07, 6.45) is 1.58. The van der Waals surface area contributed by atoms with Crippen LogP contribution in [-0.4, -0.2) is 56.8 Å². The third-order valence-corrected chi connectivity index (χ3v) is 8.66. The summed E-state index contributed by atoms with van der Waals surface area (Å²) in [5.41, 5.74) is 1.41. The number of nitrogens with zero attached hydrogens (tertiary/aromatic N) is 1. The number of aliphatic hydroxyl groups is 1. The lowest BCUT2D eigenvalue weighted by molar-refractivity contribution is -0.0787. The van der Waals surface area contributed by atoms with E-state index in [2.05, 4.69) is 18.8 Å². The average Bonchev–Trinajstić information content (AvgIpc) is 2.86. The van der Waals surface area contributed by atoms with E-state index in [1.54, 1.807) is 32.9 Å². The summed E-state index contributed by atoms with van der Waals surface area (Å²) in [5, 5.41) is 14.8. The Morgan fingerprint density at radius 3 is 2.51 bits per heavy atom. The van der Waals surface area contributed by atoms with Gasteiger partial charge in [-0.25, -0.2) is 8.42 Å². The third kappa shape index (κ3) is 6.05. The SMILES string of the molecule is C=C(Cc1ccc2c(c1)C(N(CC)S(=O)(=O)c1cc(OC)ccc1OC)C(O)C(C)(C)O2)NCCCC. The number of sulfonamides is 1. The molecular formula is C28H40N2O6S. The van der Waals surface area contributed by atoms with E-state index in [4.69, 9.17) is 14.2 Å². The first-order valence-corrected chi connectivity index (χ1v) is 14.1. The van der Waals surface area contributed by atoms with Crippen molar-refractivity contribution >= 4 is 10.0 Å². The fourth-order valence-electron chi connectivity index (χ4n) is 4.62. The zero-order valence-electron chi connectivity index (χ0n) is 22.7. The summed E-state index contributed by atoms with van der Waals surface area (Å²) in [5.74, 6) is 1.13. The number of rotatable bonds is 12. The van der Waals surface area contributed by atoms with Crippen molar-refractivity contribution in [3.05, 3.63) is 59.8 Å². The van der Waals surface area contributed by atoms with Gasteiger partial charge in [0.25, 0.3) is 0 Å². The summed E-state index contributed by atoms with van der Waals surface area (Å²) < 4.78 is 46.3. The quantitative estimate of drug-likeness (QED) is 0.390. The minimum atomic E-state index is -4.12. The van der Waals surface area contributed by atoms with Gasteiger partial charge in [-0.2, -0.15) is 4.31 Å². The van der Waals surface area contributed by atoms with Crippen molar-refractivity contribution in [1.82, 2.24) is 9.62 Å². The Labute approximate surface area is 221 Å². The number of allylic oxidation sites excluding steroid dienone is 1. The van der Waals surface area contributed by atoms with E-state index in [0.717, 1.165) is 30.6 Å². The van der Waals surface area contributed by atoms with Gasteiger partial charge in [0, 0.05) is 36.8 Å². The van der Waals surface area contributed by atoms with Crippen LogP contribution in [0.5, 0.6) is 17.2 Å². The van der Waals surface area contributed by atoms with Gasteiger partial charge in [0.15, 0.2) is 0 Å². The molecule has 0 saturated carbocycles. The molecule has 2 aromatic rings. The highest BCUT2D eigenvalue weighted by Gasteiger charge is 2.48.